The molecule has 0 aromatic heterocycles. The summed E-state index contributed by atoms with van der Waals surface area (Å²) >= 11 is 6.20. The number of ketones is 1. The van der Waals surface area contributed by atoms with Crippen LogP contribution < -0.4 is 0 Å². The molecule has 1 aromatic rings. The average Bonchev–Trinajstić information content (AvgIpc) is 2.61. The molecule has 7 heteroatoms. The summed E-state index contributed by atoms with van der Waals surface area (Å²) in [5.41, 5.74) is 2.47. The number of hydrogen-bond donors (Lipinski definition) is 2. The highest BCUT2D eigenvalue weighted by molar-refractivity contribution is 6.34. The van der Waals surface area contributed by atoms with E-state index in [0.717, 1.165) is 17.2 Å². The maximum absolute atomic E-state index is 15.1. The van der Waals surface area contributed by atoms with Crippen molar-refractivity contribution in [2.24, 2.45) is 0 Å². The largest absolute Gasteiger partial charge is 0.508 e. The Labute approximate surface area is 162 Å². The number of aromatic hydroxyl groups is 1. The normalized spacial score (nSPS) is 20.2. The van der Waals surface area contributed by atoms with E-state index in [0.29, 0.717) is 17.6 Å². The van der Waals surface area contributed by atoms with Gasteiger partial charge in [0.2, 0.25) is 5.78 Å². The number of phenols is 1. The Kier molecular flexibility index (Phi) is 6.44. The smallest absolute Gasteiger partial charge is 0.329 e. The van der Waals surface area contributed by atoms with E-state index < -0.39 is 29.2 Å². The fraction of sp³-hybridized carbons (Fsp3) is 0.400. The number of carbonyl (C=O) groups excluding carboxylic acids is 1. The fourth-order valence-corrected chi connectivity index (χ4v) is 3.30. The summed E-state index contributed by atoms with van der Waals surface area (Å²) in [5, 5.41) is 18.3. The number of aliphatic carboxylic acids is 1. The third-order valence-corrected chi connectivity index (χ3v) is 4.90. The number of rotatable bonds is 7. The minimum Gasteiger partial charge on any atom is -0.508 e. The molecule has 0 bridgehead atoms. The van der Waals surface area contributed by atoms with Crippen LogP contribution in [0.3, 0.4) is 0 Å². The maximum Gasteiger partial charge on any atom is 0.329 e. The highest BCUT2D eigenvalue weighted by atomic mass is 35.5. The number of hydrogen-bond acceptors (Lipinski definition) is 4. The Morgan fingerprint density at radius 3 is 2.59 bits per heavy atom. The number of ether oxygens (including phenoxy) is 1. The molecule has 1 unspecified atom stereocenters. The summed E-state index contributed by atoms with van der Waals surface area (Å²) in [7, 11) is 0. The topological polar surface area (TPSA) is 83.8 Å². The zero-order valence-corrected chi connectivity index (χ0v) is 16.1. The molecule has 0 heterocycles. The molecule has 1 atom stereocenters. The van der Waals surface area contributed by atoms with Crippen LogP contribution in [0.5, 0.6) is 5.75 Å². The molecule has 1 aromatic carbocycles. The van der Waals surface area contributed by atoms with Crippen LogP contribution in [0.15, 0.2) is 40.5 Å². The Morgan fingerprint density at radius 1 is 1.37 bits per heavy atom. The van der Waals surface area contributed by atoms with Gasteiger partial charge in [-0.05, 0) is 53.2 Å². The average molecular weight is 397 g/mol. The molecule has 5 nitrogen and oxygen atoms in total. The van der Waals surface area contributed by atoms with E-state index in [2.05, 4.69) is 0 Å². The first-order valence-electron chi connectivity index (χ1n) is 8.61. The summed E-state index contributed by atoms with van der Waals surface area (Å²) in [4.78, 5) is 22.9. The minimum atomic E-state index is -3.01. The second kappa shape index (κ2) is 8.23. The fourth-order valence-electron chi connectivity index (χ4n) is 2.96. The van der Waals surface area contributed by atoms with E-state index in [4.69, 9.17) is 21.4 Å². The summed E-state index contributed by atoms with van der Waals surface area (Å²) in [6, 6.07) is 5.06. The van der Waals surface area contributed by atoms with E-state index in [1.807, 2.05) is 20.8 Å². The van der Waals surface area contributed by atoms with Gasteiger partial charge >= 0.3 is 11.8 Å². The van der Waals surface area contributed by atoms with Crippen LogP contribution in [-0.2, 0) is 20.7 Å². The van der Waals surface area contributed by atoms with Crippen LogP contribution in [0.25, 0.3) is 0 Å². The SMILES string of the molecule is CCC1=CC(=O)C(F)(OCC(=O)O)C(Cl)=C1Cc1ccc(O)c(C(C)C)c1. The molecule has 146 valence electrons. The van der Waals surface area contributed by atoms with E-state index in [1.54, 1.807) is 18.2 Å². The van der Waals surface area contributed by atoms with Crippen molar-refractivity contribution >= 4 is 23.4 Å². The van der Waals surface area contributed by atoms with Crippen molar-refractivity contribution < 1.29 is 28.9 Å². The number of carboxylic acid groups (broad SMARTS) is 1. The molecule has 2 rings (SSSR count). The van der Waals surface area contributed by atoms with Gasteiger partial charge in [0.15, 0.2) is 0 Å². The molecule has 0 aliphatic heterocycles. The number of benzene rings is 1. The molecule has 1 aliphatic carbocycles. The Hall–Kier alpha value is -2.18. The first kappa shape index (κ1) is 21.1. The summed E-state index contributed by atoms with van der Waals surface area (Å²) < 4.78 is 19.9. The van der Waals surface area contributed by atoms with Crippen molar-refractivity contribution in [1.29, 1.82) is 0 Å². The molecule has 0 amide bonds. The van der Waals surface area contributed by atoms with Gasteiger partial charge in [-0.25, -0.2) is 4.79 Å². The first-order chi connectivity index (χ1) is 12.6. The van der Waals surface area contributed by atoms with Gasteiger partial charge in [-0.2, -0.15) is 4.39 Å². The van der Waals surface area contributed by atoms with Crippen molar-refractivity contribution in [2.45, 2.75) is 45.4 Å². The van der Waals surface area contributed by atoms with E-state index in [9.17, 15) is 14.7 Å². The van der Waals surface area contributed by atoms with Crippen LogP contribution in [0, 0.1) is 0 Å². The van der Waals surface area contributed by atoms with E-state index in [-0.39, 0.29) is 18.1 Å². The molecule has 0 fully saturated rings. The maximum atomic E-state index is 15.1. The number of alkyl halides is 1. The molecular weight excluding hydrogens is 375 g/mol. The van der Waals surface area contributed by atoms with Gasteiger partial charge in [-0.15, -0.1) is 0 Å². The van der Waals surface area contributed by atoms with Gasteiger partial charge in [0.25, 0.3) is 0 Å². The molecule has 0 saturated carbocycles. The van der Waals surface area contributed by atoms with Gasteiger partial charge in [-0.3, -0.25) is 4.79 Å². The second-order valence-electron chi connectivity index (χ2n) is 6.68. The molecule has 0 saturated heterocycles. The van der Waals surface area contributed by atoms with Crippen LogP contribution in [-0.4, -0.2) is 34.4 Å². The summed E-state index contributed by atoms with van der Waals surface area (Å²) in [5.74, 6) is -5.18. The van der Waals surface area contributed by atoms with Crippen molar-refractivity contribution in [3.8, 4) is 5.75 Å². The lowest BCUT2D eigenvalue weighted by atomic mass is 9.87. The van der Waals surface area contributed by atoms with Crippen molar-refractivity contribution in [3.63, 3.8) is 0 Å². The lowest BCUT2D eigenvalue weighted by Crippen LogP contribution is -2.41. The number of carbonyl (C=O) groups is 2. The highest BCUT2D eigenvalue weighted by Gasteiger charge is 2.47. The quantitative estimate of drug-likeness (QED) is 0.720. The third-order valence-electron chi connectivity index (χ3n) is 4.43. The summed E-state index contributed by atoms with van der Waals surface area (Å²) in [6.07, 6.45) is 1.78. The molecule has 0 radical (unpaired) electrons. The van der Waals surface area contributed by atoms with Crippen LogP contribution in [0.2, 0.25) is 0 Å². The van der Waals surface area contributed by atoms with Crippen LogP contribution in [0.1, 0.15) is 44.2 Å². The Balaban J connectivity index is 2.46. The molecule has 1 aliphatic rings. The lowest BCUT2D eigenvalue weighted by molar-refractivity contribution is -0.168. The zero-order valence-electron chi connectivity index (χ0n) is 15.4. The molecule has 0 spiro atoms. The van der Waals surface area contributed by atoms with E-state index >= 15 is 4.39 Å². The van der Waals surface area contributed by atoms with Crippen LogP contribution in [0.4, 0.5) is 4.39 Å². The molecule has 2 N–H and O–H groups in total. The zero-order chi connectivity index (χ0) is 20.4. The highest BCUT2D eigenvalue weighted by Crippen LogP contribution is 2.40. The number of phenolic OH excluding ortho intramolecular Hbond substituents is 1. The summed E-state index contributed by atoms with van der Waals surface area (Å²) in [6.45, 7) is 4.70. The molecular formula is C20H22ClFO5. The Bertz CT molecular complexity index is 828. The van der Waals surface area contributed by atoms with Gasteiger partial charge in [0.1, 0.15) is 12.4 Å². The van der Waals surface area contributed by atoms with Gasteiger partial charge in [-0.1, -0.05) is 44.5 Å². The van der Waals surface area contributed by atoms with Crippen molar-refractivity contribution in [2.75, 3.05) is 6.61 Å². The number of halogens is 2. The second-order valence-corrected chi connectivity index (χ2v) is 7.06. The molecule has 27 heavy (non-hydrogen) atoms. The first-order valence-corrected chi connectivity index (χ1v) is 8.98. The van der Waals surface area contributed by atoms with Crippen molar-refractivity contribution in [1.82, 2.24) is 0 Å². The predicted molar refractivity (Wildman–Crippen MR) is 99.6 cm³/mol. The number of carboxylic acids is 1. The standard InChI is InChI=1S/C20H22ClFO5/c1-4-13-9-17(24)20(22,27-10-18(25)26)19(21)15(13)8-12-5-6-16(23)14(7-12)11(2)3/h5-7,9,11,23H,4,8,10H2,1-3H3,(H,25,26). The number of allylic oxidation sites excluding steroid dienone is 2. The van der Waals surface area contributed by atoms with Gasteiger partial charge < -0.3 is 14.9 Å². The minimum absolute atomic E-state index is 0.0858. The van der Waals surface area contributed by atoms with Crippen LogP contribution >= 0.6 is 11.6 Å². The van der Waals surface area contributed by atoms with E-state index in [1.165, 1.54) is 0 Å². The Morgan fingerprint density at radius 2 is 2.04 bits per heavy atom. The monoisotopic (exact) mass is 396 g/mol. The lowest BCUT2D eigenvalue weighted by Gasteiger charge is -2.29. The van der Waals surface area contributed by atoms with Gasteiger partial charge in [0.05, 0.1) is 5.03 Å². The third kappa shape index (κ3) is 4.39. The van der Waals surface area contributed by atoms with Crippen molar-refractivity contribution in [3.05, 3.63) is 51.6 Å². The van der Waals surface area contributed by atoms with Gasteiger partial charge in [0, 0.05) is 0 Å². The predicted octanol–water partition coefficient (Wildman–Crippen LogP) is 4.24.